The quantitative estimate of drug-likeness (QED) is 0.186. The molecular formula is C32H25F2N3O5. The number of benzene rings is 4. The number of carbonyl (C=O) groups excluding carboxylic acids is 1. The van der Waals surface area contributed by atoms with Gasteiger partial charge < -0.3 is 19.0 Å². The topological polar surface area (TPSA) is 101 Å². The number of hydrogen-bond donors (Lipinski definition) is 1. The molecule has 6 aromatic rings. The number of piperidine rings is 1. The Morgan fingerprint density at radius 1 is 0.857 bits per heavy atom. The van der Waals surface area contributed by atoms with E-state index in [1.807, 2.05) is 0 Å². The van der Waals surface area contributed by atoms with Crippen LogP contribution in [-0.4, -0.2) is 41.4 Å². The fourth-order valence-electron chi connectivity index (χ4n) is 6.12. The molecule has 0 saturated carbocycles. The number of fused-ring (bicyclic) bond motifs is 4. The van der Waals surface area contributed by atoms with Crippen LogP contribution in [0.3, 0.4) is 0 Å². The molecule has 2 aromatic heterocycles. The van der Waals surface area contributed by atoms with Gasteiger partial charge in [0.1, 0.15) is 11.1 Å². The van der Waals surface area contributed by atoms with Crippen molar-refractivity contribution in [2.75, 3.05) is 26.2 Å². The van der Waals surface area contributed by atoms with Crippen LogP contribution in [-0.2, 0) is 0 Å². The maximum absolute atomic E-state index is 15.0. The lowest BCUT2D eigenvalue weighted by Crippen LogP contribution is -2.34. The van der Waals surface area contributed by atoms with Gasteiger partial charge in [-0.1, -0.05) is 30.7 Å². The molecule has 1 fully saturated rings. The van der Waals surface area contributed by atoms with Crippen LogP contribution in [0.25, 0.3) is 49.1 Å². The van der Waals surface area contributed by atoms with Crippen molar-refractivity contribution >= 4 is 55.0 Å². The van der Waals surface area contributed by atoms with Crippen LogP contribution >= 0.6 is 0 Å². The summed E-state index contributed by atoms with van der Waals surface area (Å²) in [7, 11) is 0. The summed E-state index contributed by atoms with van der Waals surface area (Å²) < 4.78 is 36.9. The highest BCUT2D eigenvalue weighted by Gasteiger charge is 2.24. The molecule has 1 saturated heterocycles. The molecule has 1 aliphatic rings. The van der Waals surface area contributed by atoms with E-state index in [9.17, 15) is 23.6 Å². The van der Waals surface area contributed by atoms with E-state index in [1.165, 1.54) is 29.2 Å². The summed E-state index contributed by atoms with van der Waals surface area (Å²) in [6.07, 6.45) is 5.48. The minimum atomic E-state index is -1.32. The Hall–Kier alpha value is -4.70. The minimum Gasteiger partial charge on any atom is -0.450 e. The zero-order valence-electron chi connectivity index (χ0n) is 22.5. The molecule has 3 heterocycles. The predicted octanol–water partition coefficient (Wildman–Crippen LogP) is 4.55. The van der Waals surface area contributed by atoms with E-state index < -0.39 is 34.0 Å². The van der Waals surface area contributed by atoms with Crippen molar-refractivity contribution in [3.63, 3.8) is 0 Å². The molecular weight excluding hydrogens is 544 g/mol. The maximum atomic E-state index is 15.0. The van der Waals surface area contributed by atoms with Gasteiger partial charge in [0.25, 0.3) is 5.91 Å². The van der Waals surface area contributed by atoms with Gasteiger partial charge in [-0.25, -0.2) is 4.39 Å². The summed E-state index contributed by atoms with van der Waals surface area (Å²) in [4.78, 5) is 55.6. The second-order valence-electron chi connectivity index (χ2n) is 10.8. The SMILES string of the molecule is O=C(NCCCN1CCCCC1)c1cn2c3cc4c(=O)c5ccccc5c(=O)c4cc3oc3c(F)c(F)cc(c1=O)c32. The highest BCUT2D eigenvalue weighted by Crippen LogP contribution is 2.31. The lowest BCUT2D eigenvalue weighted by atomic mass is 10.0. The molecule has 8 nitrogen and oxygen atoms in total. The van der Waals surface area contributed by atoms with Crippen LogP contribution in [0.4, 0.5) is 8.78 Å². The summed E-state index contributed by atoms with van der Waals surface area (Å²) in [5, 5.41) is 3.16. The molecule has 42 heavy (non-hydrogen) atoms. The van der Waals surface area contributed by atoms with Gasteiger partial charge in [-0.05, 0) is 57.1 Å². The van der Waals surface area contributed by atoms with E-state index in [0.717, 1.165) is 38.5 Å². The lowest BCUT2D eigenvalue weighted by Gasteiger charge is -2.26. The number of nitrogens with one attached hydrogen (secondary N) is 1. The monoisotopic (exact) mass is 569 g/mol. The first-order chi connectivity index (χ1) is 20.3. The van der Waals surface area contributed by atoms with Gasteiger partial charge in [0.05, 0.1) is 10.9 Å². The summed E-state index contributed by atoms with van der Waals surface area (Å²) in [6.45, 7) is 3.21. The number of halogens is 2. The van der Waals surface area contributed by atoms with Crippen LogP contribution in [0.5, 0.6) is 0 Å². The first-order valence-electron chi connectivity index (χ1n) is 14.0. The number of hydrogen-bond acceptors (Lipinski definition) is 6. The van der Waals surface area contributed by atoms with E-state index >= 15 is 4.39 Å². The van der Waals surface area contributed by atoms with Crippen LogP contribution in [0, 0.1) is 11.6 Å². The Kier molecular flexibility index (Phi) is 6.23. The third-order valence-electron chi connectivity index (χ3n) is 8.24. The molecule has 1 aliphatic heterocycles. The summed E-state index contributed by atoms with van der Waals surface area (Å²) in [6, 6.07) is 9.91. The molecule has 0 aliphatic carbocycles. The van der Waals surface area contributed by atoms with Crippen molar-refractivity contribution in [3.8, 4) is 0 Å². The number of pyridine rings is 1. The number of nitrogens with zero attached hydrogens (tertiary/aromatic N) is 2. The van der Waals surface area contributed by atoms with Gasteiger partial charge >= 0.3 is 0 Å². The standard InChI is InChI=1S/C32H25F2N3O5/c33-23-13-21-27-31(26(23)34)42-25-15-20-19(28(38)17-7-2-3-8-18(17)29(20)39)14-24(25)37(27)16-22(30(21)40)32(41)35-9-6-12-36-10-4-1-5-11-36/h2-3,7-8,13-16H,1,4-6,9-12H2,(H,35,41). The first kappa shape index (κ1) is 26.2. The Morgan fingerprint density at radius 3 is 2.26 bits per heavy atom. The Bertz CT molecular complexity index is 2250. The molecule has 1 N–H and O–H groups in total. The van der Waals surface area contributed by atoms with Crippen LogP contribution in [0.2, 0.25) is 0 Å². The zero-order valence-corrected chi connectivity index (χ0v) is 22.5. The highest BCUT2D eigenvalue weighted by atomic mass is 19.2. The van der Waals surface area contributed by atoms with Crippen LogP contribution in [0.15, 0.2) is 67.5 Å². The highest BCUT2D eigenvalue weighted by molar-refractivity contribution is 6.06. The molecule has 4 aromatic carbocycles. The zero-order chi connectivity index (χ0) is 29.1. The molecule has 10 heteroatoms. The van der Waals surface area contributed by atoms with Gasteiger partial charge in [-0.15, -0.1) is 0 Å². The molecule has 1 amide bonds. The molecule has 0 bridgehead atoms. The number of amides is 1. The number of aromatic nitrogens is 1. The van der Waals surface area contributed by atoms with Crippen molar-refractivity contribution in [2.24, 2.45) is 0 Å². The van der Waals surface area contributed by atoms with E-state index in [0.29, 0.717) is 13.0 Å². The van der Waals surface area contributed by atoms with E-state index in [2.05, 4.69) is 10.2 Å². The smallest absolute Gasteiger partial charge is 0.256 e. The van der Waals surface area contributed by atoms with Crippen molar-refractivity contribution in [2.45, 2.75) is 25.7 Å². The van der Waals surface area contributed by atoms with Crippen molar-refractivity contribution < 1.29 is 18.0 Å². The third kappa shape index (κ3) is 4.05. The van der Waals surface area contributed by atoms with Crippen LogP contribution < -0.4 is 21.6 Å². The molecule has 0 atom stereocenters. The summed E-state index contributed by atoms with van der Waals surface area (Å²) in [5.74, 6) is -3.29. The Morgan fingerprint density at radius 2 is 1.55 bits per heavy atom. The van der Waals surface area contributed by atoms with Gasteiger partial charge in [-0.2, -0.15) is 4.39 Å². The van der Waals surface area contributed by atoms with Gasteiger partial charge in [0.2, 0.25) is 11.2 Å². The fourth-order valence-corrected chi connectivity index (χ4v) is 6.12. The van der Waals surface area contributed by atoms with Gasteiger partial charge in [-0.3, -0.25) is 19.2 Å². The average Bonchev–Trinajstić information content (AvgIpc) is 3.01. The Balaban J connectivity index is 1.41. The van der Waals surface area contributed by atoms with E-state index in [-0.39, 0.29) is 54.5 Å². The summed E-state index contributed by atoms with van der Waals surface area (Å²) in [5.41, 5.74) is -2.28. The van der Waals surface area contributed by atoms with Crippen LogP contribution in [0.1, 0.15) is 36.0 Å². The fraction of sp³-hybridized carbons (Fsp3) is 0.250. The van der Waals surface area contributed by atoms with Gasteiger partial charge in [0, 0.05) is 34.3 Å². The molecule has 7 rings (SSSR count). The molecule has 212 valence electrons. The number of rotatable bonds is 5. The van der Waals surface area contributed by atoms with E-state index in [4.69, 9.17) is 4.42 Å². The molecule has 0 radical (unpaired) electrons. The number of likely N-dealkylation sites (tertiary alicyclic amines) is 1. The van der Waals surface area contributed by atoms with Crippen molar-refractivity contribution in [1.29, 1.82) is 0 Å². The largest absolute Gasteiger partial charge is 0.450 e. The van der Waals surface area contributed by atoms with Gasteiger partial charge in [0.15, 0.2) is 27.8 Å². The molecule has 0 unspecified atom stereocenters. The average molecular weight is 570 g/mol. The normalized spacial score (nSPS) is 14.5. The van der Waals surface area contributed by atoms with E-state index in [1.54, 1.807) is 24.3 Å². The second-order valence-corrected chi connectivity index (χ2v) is 10.8. The maximum Gasteiger partial charge on any atom is 0.256 e. The number of carbonyl (C=O) groups is 1. The van der Waals surface area contributed by atoms with Crippen molar-refractivity contribution in [1.82, 2.24) is 14.6 Å². The third-order valence-corrected chi connectivity index (χ3v) is 8.24. The second kappa shape index (κ2) is 9.99. The lowest BCUT2D eigenvalue weighted by molar-refractivity contribution is 0.0949. The predicted molar refractivity (Wildman–Crippen MR) is 157 cm³/mol. The first-order valence-corrected chi connectivity index (χ1v) is 14.0. The molecule has 0 spiro atoms. The van der Waals surface area contributed by atoms with Crippen molar-refractivity contribution in [3.05, 3.63) is 96.5 Å². The Labute approximate surface area is 236 Å². The minimum absolute atomic E-state index is 0.0240. The summed E-state index contributed by atoms with van der Waals surface area (Å²) >= 11 is 0.